The topological polar surface area (TPSA) is 20.2 Å². The fourth-order valence-corrected chi connectivity index (χ4v) is 1.99. The van der Waals surface area contributed by atoms with E-state index in [0.29, 0.717) is 6.42 Å². The van der Waals surface area contributed by atoms with Crippen molar-refractivity contribution in [3.63, 3.8) is 0 Å². The molecule has 114 valence electrons. The van der Waals surface area contributed by atoms with Crippen LogP contribution in [0.25, 0.3) is 0 Å². The van der Waals surface area contributed by atoms with E-state index in [1.165, 1.54) is 5.57 Å². The van der Waals surface area contributed by atoms with Gasteiger partial charge in [-0.25, -0.2) is 0 Å². The SMILES string of the molecule is C=CC1=C(C=C)CC(O)(S)CCC1.CC.CC.CC. The second-order valence-electron chi connectivity index (χ2n) is 3.47. The average Bonchev–Trinajstić information content (AvgIpc) is 2.62. The quantitative estimate of drug-likeness (QED) is 0.476. The second kappa shape index (κ2) is 15.6. The predicted octanol–water partition coefficient (Wildman–Crippen LogP) is 5.93. The second-order valence-corrected chi connectivity index (χ2v) is 4.30. The normalized spacial score (nSPS) is 21.3. The van der Waals surface area contributed by atoms with Gasteiger partial charge in [0.25, 0.3) is 0 Å². The molecule has 1 atom stereocenters. The number of allylic oxidation sites excluding steroid dienone is 3. The molecule has 0 amide bonds. The molecule has 0 fully saturated rings. The van der Waals surface area contributed by atoms with Crippen molar-refractivity contribution in [2.45, 2.75) is 72.2 Å². The minimum atomic E-state index is -0.867. The summed E-state index contributed by atoms with van der Waals surface area (Å²) in [5.41, 5.74) is 2.27. The highest BCUT2D eigenvalue weighted by Gasteiger charge is 2.25. The number of hydrogen-bond acceptors (Lipinski definition) is 2. The van der Waals surface area contributed by atoms with Crippen molar-refractivity contribution < 1.29 is 5.11 Å². The fourth-order valence-electron chi connectivity index (χ4n) is 1.67. The van der Waals surface area contributed by atoms with Gasteiger partial charge < -0.3 is 5.11 Å². The molecule has 1 N–H and O–H groups in total. The molecule has 2 heteroatoms. The minimum Gasteiger partial charge on any atom is -0.379 e. The Morgan fingerprint density at radius 2 is 1.42 bits per heavy atom. The van der Waals surface area contributed by atoms with E-state index >= 15 is 0 Å². The van der Waals surface area contributed by atoms with Gasteiger partial charge in [-0.15, -0.1) is 12.6 Å². The molecule has 1 aliphatic carbocycles. The van der Waals surface area contributed by atoms with Gasteiger partial charge in [-0.1, -0.05) is 66.9 Å². The number of thiol groups is 1. The Kier molecular flexibility index (Phi) is 19.4. The maximum Gasteiger partial charge on any atom is 0.111 e. The van der Waals surface area contributed by atoms with Gasteiger partial charge in [-0.2, -0.15) is 0 Å². The monoisotopic (exact) mass is 286 g/mol. The lowest BCUT2D eigenvalue weighted by Crippen LogP contribution is -2.19. The summed E-state index contributed by atoms with van der Waals surface area (Å²) in [4.78, 5) is -0.867. The summed E-state index contributed by atoms with van der Waals surface area (Å²) in [7, 11) is 0. The van der Waals surface area contributed by atoms with E-state index in [0.717, 1.165) is 24.8 Å². The van der Waals surface area contributed by atoms with E-state index in [9.17, 15) is 5.11 Å². The van der Waals surface area contributed by atoms with Crippen molar-refractivity contribution in [3.8, 4) is 0 Å². The molecular formula is C17H34OS. The van der Waals surface area contributed by atoms with Crippen LogP contribution in [0.5, 0.6) is 0 Å². The molecule has 1 unspecified atom stereocenters. The first kappa shape index (κ1) is 23.6. The largest absolute Gasteiger partial charge is 0.379 e. The van der Waals surface area contributed by atoms with Crippen LogP contribution in [0.3, 0.4) is 0 Å². The molecule has 0 heterocycles. The fraction of sp³-hybridized carbons (Fsp3) is 0.647. The molecule has 0 spiro atoms. The average molecular weight is 287 g/mol. The predicted molar refractivity (Wildman–Crippen MR) is 93.9 cm³/mol. The van der Waals surface area contributed by atoms with Crippen LogP contribution >= 0.6 is 12.6 Å². The van der Waals surface area contributed by atoms with E-state index in [1.54, 1.807) is 6.08 Å². The summed E-state index contributed by atoms with van der Waals surface area (Å²) < 4.78 is 0. The number of hydrogen-bond donors (Lipinski definition) is 2. The molecule has 1 nitrogen and oxygen atoms in total. The van der Waals surface area contributed by atoms with Gasteiger partial charge in [-0.05, 0) is 30.4 Å². The van der Waals surface area contributed by atoms with Crippen LogP contribution in [-0.2, 0) is 0 Å². The van der Waals surface area contributed by atoms with Crippen molar-refractivity contribution in [1.82, 2.24) is 0 Å². The van der Waals surface area contributed by atoms with Gasteiger partial charge in [-0.3, -0.25) is 0 Å². The van der Waals surface area contributed by atoms with Crippen molar-refractivity contribution >= 4 is 12.6 Å². The molecule has 0 bridgehead atoms. The molecule has 0 aromatic rings. The Hall–Kier alpha value is -0.470. The lowest BCUT2D eigenvalue weighted by molar-refractivity contribution is 0.131. The molecule has 0 aliphatic heterocycles. The molecule has 0 aromatic carbocycles. The van der Waals surface area contributed by atoms with E-state index in [2.05, 4.69) is 25.8 Å². The van der Waals surface area contributed by atoms with Gasteiger partial charge in [0.15, 0.2) is 0 Å². The zero-order chi connectivity index (χ0) is 15.9. The molecule has 1 aliphatic rings. The summed E-state index contributed by atoms with van der Waals surface area (Å²) in [6.07, 6.45) is 6.87. The Morgan fingerprint density at radius 3 is 1.79 bits per heavy atom. The lowest BCUT2D eigenvalue weighted by atomic mass is 10.0. The first-order valence-electron chi connectivity index (χ1n) is 7.51. The van der Waals surface area contributed by atoms with Gasteiger partial charge in [0.1, 0.15) is 4.93 Å². The zero-order valence-corrected chi connectivity index (χ0v) is 14.7. The third-order valence-electron chi connectivity index (χ3n) is 2.40. The summed E-state index contributed by atoms with van der Waals surface area (Å²) >= 11 is 4.22. The van der Waals surface area contributed by atoms with Gasteiger partial charge in [0.2, 0.25) is 0 Å². The molecule has 0 saturated carbocycles. The summed E-state index contributed by atoms with van der Waals surface area (Å²) in [5.74, 6) is 0. The first-order valence-corrected chi connectivity index (χ1v) is 7.95. The van der Waals surface area contributed by atoms with Crippen LogP contribution in [0.1, 0.15) is 67.2 Å². The van der Waals surface area contributed by atoms with Crippen molar-refractivity contribution in [2.75, 3.05) is 0 Å². The molecule has 19 heavy (non-hydrogen) atoms. The van der Waals surface area contributed by atoms with Crippen LogP contribution in [0, 0.1) is 0 Å². The van der Waals surface area contributed by atoms with Crippen molar-refractivity contribution in [3.05, 3.63) is 36.5 Å². The number of aliphatic hydroxyl groups is 1. The Balaban J connectivity index is -0.000000375. The Labute approximate surface area is 126 Å². The highest BCUT2D eigenvalue weighted by molar-refractivity contribution is 7.81. The van der Waals surface area contributed by atoms with E-state index in [-0.39, 0.29) is 0 Å². The standard InChI is InChI=1S/C11H16OS.3C2H6/c1-3-9-6-5-7-11(12,13)8-10(9)4-2;3*1-2/h3-4,12-13H,1-2,5-8H2;3*1-2H3. The van der Waals surface area contributed by atoms with Crippen molar-refractivity contribution in [1.29, 1.82) is 0 Å². The minimum absolute atomic E-state index is 0.570. The van der Waals surface area contributed by atoms with Gasteiger partial charge in [0.05, 0.1) is 0 Å². The van der Waals surface area contributed by atoms with Crippen LogP contribution in [0.15, 0.2) is 36.5 Å². The van der Waals surface area contributed by atoms with E-state index in [4.69, 9.17) is 0 Å². The maximum absolute atomic E-state index is 9.82. The summed E-state index contributed by atoms with van der Waals surface area (Å²) in [6, 6.07) is 0. The third-order valence-corrected chi connectivity index (χ3v) is 2.78. The molecule has 0 saturated heterocycles. The van der Waals surface area contributed by atoms with Crippen LogP contribution in [0.4, 0.5) is 0 Å². The number of rotatable bonds is 2. The molecule has 1 rings (SSSR count). The zero-order valence-electron chi connectivity index (χ0n) is 13.8. The van der Waals surface area contributed by atoms with Crippen LogP contribution in [0.2, 0.25) is 0 Å². The highest BCUT2D eigenvalue weighted by atomic mass is 32.1. The van der Waals surface area contributed by atoms with E-state index < -0.39 is 4.93 Å². The smallest absolute Gasteiger partial charge is 0.111 e. The van der Waals surface area contributed by atoms with Gasteiger partial charge in [0, 0.05) is 6.42 Å². The van der Waals surface area contributed by atoms with Gasteiger partial charge >= 0.3 is 0 Å². The van der Waals surface area contributed by atoms with Crippen LogP contribution in [-0.4, -0.2) is 10.0 Å². The Morgan fingerprint density at radius 1 is 1.00 bits per heavy atom. The van der Waals surface area contributed by atoms with E-state index in [1.807, 2.05) is 47.6 Å². The summed E-state index contributed by atoms with van der Waals surface area (Å²) in [6.45, 7) is 19.5. The molecule has 0 aromatic heterocycles. The molecule has 0 radical (unpaired) electrons. The highest BCUT2D eigenvalue weighted by Crippen LogP contribution is 2.34. The first-order chi connectivity index (χ1) is 9.09. The van der Waals surface area contributed by atoms with Crippen LogP contribution < -0.4 is 0 Å². The maximum atomic E-state index is 9.82. The lowest BCUT2D eigenvalue weighted by Gasteiger charge is -2.20. The third kappa shape index (κ3) is 11.1. The molecular weight excluding hydrogens is 252 g/mol. The Bertz CT molecular complexity index is 252. The summed E-state index contributed by atoms with van der Waals surface area (Å²) in [5, 5.41) is 9.82. The van der Waals surface area contributed by atoms with Crippen molar-refractivity contribution in [2.24, 2.45) is 0 Å².